The Morgan fingerprint density at radius 3 is 2.81 bits per heavy atom. The number of methoxy groups -OCH3 is 2. The highest BCUT2D eigenvalue weighted by Gasteiger charge is 2.23. The van der Waals surface area contributed by atoms with Crippen LogP contribution in [0.3, 0.4) is 0 Å². The molecule has 3 aromatic rings. The molecule has 1 N–H and O–H groups in total. The number of rotatable bonds is 5. The van der Waals surface area contributed by atoms with E-state index in [1.54, 1.807) is 20.4 Å². The predicted octanol–water partition coefficient (Wildman–Crippen LogP) is 2.62. The van der Waals surface area contributed by atoms with E-state index in [1.165, 1.54) is 0 Å². The van der Waals surface area contributed by atoms with E-state index in [-0.39, 0.29) is 12.5 Å². The fourth-order valence-electron chi connectivity index (χ4n) is 3.67. The first kappa shape index (κ1) is 17.6. The summed E-state index contributed by atoms with van der Waals surface area (Å²) in [5.41, 5.74) is 2.61. The molecular weight excluding hydrogens is 344 g/mol. The number of anilines is 1. The van der Waals surface area contributed by atoms with Gasteiger partial charge in [0.15, 0.2) is 11.5 Å². The summed E-state index contributed by atoms with van der Waals surface area (Å²) in [6, 6.07) is 7.75. The zero-order valence-corrected chi connectivity index (χ0v) is 15.6. The Labute approximate surface area is 158 Å². The molecule has 1 fully saturated rings. The van der Waals surface area contributed by atoms with Crippen molar-refractivity contribution >= 4 is 11.6 Å². The quantitative estimate of drug-likeness (QED) is 0.746. The molecule has 1 aliphatic heterocycles. The zero-order chi connectivity index (χ0) is 18.8. The molecule has 1 saturated heterocycles. The van der Waals surface area contributed by atoms with Crippen LogP contribution >= 0.6 is 0 Å². The van der Waals surface area contributed by atoms with E-state index in [1.807, 2.05) is 34.9 Å². The van der Waals surface area contributed by atoms with E-state index in [0.717, 1.165) is 48.8 Å². The highest BCUT2D eigenvalue weighted by Crippen LogP contribution is 2.33. The number of nitrogens with zero attached hydrogens (tertiary/aromatic N) is 4. The molecule has 0 saturated carbocycles. The van der Waals surface area contributed by atoms with Gasteiger partial charge in [0, 0.05) is 43.7 Å². The van der Waals surface area contributed by atoms with Gasteiger partial charge in [-0.05, 0) is 37.0 Å². The van der Waals surface area contributed by atoms with Gasteiger partial charge >= 0.3 is 0 Å². The summed E-state index contributed by atoms with van der Waals surface area (Å²) < 4.78 is 12.8. The lowest BCUT2D eigenvalue weighted by Gasteiger charge is -2.33. The number of aromatic nitrogens is 3. The fourth-order valence-corrected chi connectivity index (χ4v) is 3.67. The molecule has 142 valence electrons. The average Bonchev–Trinajstić information content (AvgIpc) is 3.21. The van der Waals surface area contributed by atoms with Crippen LogP contribution in [-0.2, 0) is 0 Å². The molecule has 0 spiro atoms. The van der Waals surface area contributed by atoms with Gasteiger partial charge in [-0.3, -0.25) is 4.40 Å². The number of piperidine rings is 1. The first-order valence-corrected chi connectivity index (χ1v) is 9.15. The van der Waals surface area contributed by atoms with Gasteiger partial charge in [-0.1, -0.05) is 0 Å². The number of hydrogen-bond donors (Lipinski definition) is 1. The van der Waals surface area contributed by atoms with E-state index < -0.39 is 0 Å². The number of aliphatic hydroxyl groups excluding tert-OH is 1. The van der Waals surface area contributed by atoms with Crippen molar-refractivity contribution in [3.05, 3.63) is 36.7 Å². The highest BCUT2D eigenvalue weighted by atomic mass is 16.5. The van der Waals surface area contributed by atoms with Crippen LogP contribution in [-0.4, -0.2) is 53.4 Å². The monoisotopic (exact) mass is 368 g/mol. The molecule has 0 radical (unpaired) electrons. The normalized spacial score (nSPS) is 17.3. The molecule has 0 amide bonds. The van der Waals surface area contributed by atoms with Gasteiger partial charge in [-0.25, -0.2) is 9.97 Å². The first-order valence-electron chi connectivity index (χ1n) is 9.15. The molecular formula is C20H24N4O3. The van der Waals surface area contributed by atoms with Crippen LogP contribution in [0, 0.1) is 5.92 Å². The molecule has 1 aromatic carbocycles. The molecule has 1 atom stereocenters. The van der Waals surface area contributed by atoms with Gasteiger partial charge in [-0.2, -0.15) is 0 Å². The standard InChI is InChI=1S/C20H24N4O3/c1-26-17-6-5-15(10-18(17)27-2)16-11-19-21-7-9-24(19)20(22-16)23-8-3-4-14(12-23)13-25/h5-7,9-11,14,25H,3-4,8,12-13H2,1-2H3. The zero-order valence-electron chi connectivity index (χ0n) is 15.6. The van der Waals surface area contributed by atoms with Crippen molar-refractivity contribution in [1.29, 1.82) is 0 Å². The summed E-state index contributed by atoms with van der Waals surface area (Å²) in [6.45, 7) is 1.93. The van der Waals surface area contributed by atoms with Crippen LogP contribution in [0.5, 0.6) is 11.5 Å². The van der Waals surface area contributed by atoms with Crippen molar-refractivity contribution in [2.24, 2.45) is 5.92 Å². The largest absolute Gasteiger partial charge is 0.493 e. The third-order valence-corrected chi connectivity index (χ3v) is 5.11. The van der Waals surface area contributed by atoms with E-state index >= 15 is 0 Å². The number of hydrogen-bond acceptors (Lipinski definition) is 6. The second kappa shape index (κ2) is 7.44. The van der Waals surface area contributed by atoms with Gasteiger partial charge in [0.1, 0.15) is 5.65 Å². The molecule has 2 aromatic heterocycles. The Kier molecular flexibility index (Phi) is 4.85. The Morgan fingerprint density at radius 2 is 2.04 bits per heavy atom. The number of fused-ring (bicyclic) bond motifs is 1. The average molecular weight is 368 g/mol. The molecule has 1 unspecified atom stereocenters. The lowest BCUT2D eigenvalue weighted by atomic mass is 9.99. The summed E-state index contributed by atoms with van der Waals surface area (Å²) in [6.07, 6.45) is 5.81. The summed E-state index contributed by atoms with van der Waals surface area (Å²) >= 11 is 0. The van der Waals surface area contributed by atoms with Crippen molar-refractivity contribution in [2.45, 2.75) is 12.8 Å². The minimum atomic E-state index is 0.207. The molecule has 0 bridgehead atoms. The molecule has 3 heterocycles. The molecule has 1 aliphatic rings. The van der Waals surface area contributed by atoms with Gasteiger partial charge in [0.25, 0.3) is 0 Å². The van der Waals surface area contributed by atoms with Crippen molar-refractivity contribution in [1.82, 2.24) is 14.4 Å². The second-order valence-corrected chi connectivity index (χ2v) is 6.80. The summed E-state index contributed by atoms with van der Waals surface area (Å²) in [7, 11) is 3.25. The van der Waals surface area contributed by atoms with Crippen LogP contribution in [0.25, 0.3) is 16.9 Å². The SMILES string of the molecule is COc1ccc(-c2cc3nccn3c(N3CCCC(CO)C3)n2)cc1OC. The van der Waals surface area contributed by atoms with Crippen LogP contribution in [0.4, 0.5) is 5.95 Å². The summed E-state index contributed by atoms with van der Waals surface area (Å²) in [5.74, 6) is 2.49. The predicted molar refractivity (Wildman–Crippen MR) is 104 cm³/mol. The number of aliphatic hydroxyl groups is 1. The van der Waals surface area contributed by atoms with E-state index in [9.17, 15) is 5.11 Å². The summed E-state index contributed by atoms with van der Waals surface area (Å²) in [4.78, 5) is 11.6. The maximum atomic E-state index is 9.58. The Hall–Kier alpha value is -2.80. The molecule has 7 heteroatoms. The second-order valence-electron chi connectivity index (χ2n) is 6.80. The third kappa shape index (κ3) is 3.30. The molecule has 7 nitrogen and oxygen atoms in total. The molecule has 27 heavy (non-hydrogen) atoms. The van der Waals surface area contributed by atoms with Crippen molar-refractivity contribution < 1.29 is 14.6 Å². The van der Waals surface area contributed by atoms with E-state index in [4.69, 9.17) is 14.5 Å². The van der Waals surface area contributed by atoms with Crippen molar-refractivity contribution in [3.8, 4) is 22.8 Å². The fraction of sp³-hybridized carbons (Fsp3) is 0.400. The van der Waals surface area contributed by atoms with E-state index in [2.05, 4.69) is 9.88 Å². The third-order valence-electron chi connectivity index (χ3n) is 5.11. The van der Waals surface area contributed by atoms with Crippen molar-refractivity contribution in [2.75, 3.05) is 38.8 Å². The number of imidazole rings is 1. The van der Waals surface area contributed by atoms with E-state index in [0.29, 0.717) is 11.5 Å². The number of benzene rings is 1. The highest BCUT2D eigenvalue weighted by molar-refractivity contribution is 5.69. The maximum absolute atomic E-state index is 9.58. The number of ether oxygens (including phenoxy) is 2. The van der Waals surface area contributed by atoms with Crippen LogP contribution < -0.4 is 14.4 Å². The topological polar surface area (TPSA) is 72.1 Å². The molecule has 0 aliphatic carbocycles. The van der Waals surface area contributed by atoms with Crippen LogP contribution in [0.1, 0.15) is 12.8 Å². The Bertz CT molecular complexity index is 940. The molecule has 4 rings (SSSR count). The summed E-state index contributed by atoms with van der Waals surface area (Å²) in [5, 5.41) is 9.58. The van der Waals surface area contributed by atoms with Crippen LogP contribution in [0.2, 0.25) is 0 Å². The first-order chi connectivity index (χ1) is 13.2. The minimum absolute atomic E-state index is 0.207. The minimum Gasteiger partial charge on any atom is -0.493 e. The maximum Gasteiger partial charge on any atom is 0.211 e. The lowest BCUT2D eigenvalue weighted by molar-refractivity contribution is 0.208. The van der Waals surface area contributed by atoms with Gasteiger partial charge in [0.2, 0.25) is 5.95 Å². The lowest BCUT2D eigenvalue weighted by Crippen LogP contribution is -2.38. The van der Waals surface area contributed by atoms with Gasteiger partial charge in [0.05, 0.1) is 19.9 Å². The smallest absolute Gasteiger partial charge is 0.211 e. The van der Waals surface area contributed by atoms with Gasteiger partial charge < -0.3 is 19.5 Å². The van der Waals surface area contributed by atoms with Crippen LogP contribution in [0.15, 0.2) is 36.7 Å². The van der Waals surface area contributed by atoms with Gasteiger partial charge in [-0.15, -0.1) is 0 Å². The Morgan fingerprint density at radius 1 is 1.19 bits per heavy atom. The van der Waals surface area contributed by atoms with Crippen molar-refractivity contribution in [3.63, 3.8) is 0 Å². The Balaban J connectivity index is 1.79.